The van der Waals surface area contributed by atoms with E-state index in [1.807, 2.05) is 13.0 Å². The highest BCUT2D eigenvalue weighted by atomic mass is 35.5. The Morgan fingerprint density at radius 1 is 1.12 bits per heavy atom. The summed E-state index contributed by atoms with van der Waals surface area (Å²) in [5.74, 6) is -1.08. The molecule has 1 aromatic heterocycles. The van der Waals surface area contributed by atoms with Crippen LogP contribution in [0.4, 0.5) is 8.78 Å². The van der Waals surface area contributed by atoms with Gasteiger partial charge >= 0.3 is 0 Å². The maximum atomic E-state index is 13.7. The first-order valence-corrected chi connectivity index (χ1v) is 11.7. The normalized spacial score (nSPS) is 21.0. The van der Waals surface area contributed by atoms with Crippen molar-refractivity contribution in [2.75, 3.05) is 0 Å². The SMILES string of the molecule is CCn1cc(Cl)c(C(=O)N2N=C3C(=Cc4ccc(F)cc4)CCCC3C2c2ccc(F)cc2)n1. The number of aromatic nitrogens is 2. The van der Waals surface area contributed by atoms with Gasteiger partial charge < -0.3 is 0 Å². The number of hydrogen-bond donors (Lipinski definition) is 0. The minimum Gasteiger partial charge on any atom is -0.271 e. The largest absolute Gasteiger partial charge is 0.296 e. The van der Waals surface area contributed by atoms with Crippen LogP contribution < -0.4 is 0 Å². The molecule has 3 aromatic rings. The van der Waals surface area contributed by atoms with E-state index in [1.54, 1.807) is 35.1 Å². The molecule has 1 aliphatic heterocycles. The van der Waals surface area contributed by atoms with Crippen LogP contribution in [-0.4, -0.2) is 26.4 Å². The van der Waals surface area contributed by atoms with Gasteiger partial charge in [-0.2, -0.15) is 10.2 Å². The Bertz CT molecular complexity index is 1280. The first-order valence-electron chi connectivity index (χ1n) is 11.3. The van der Waals surface area contributed by atoms with E-state index < -0.39 is 11.9 Å². The van der Waals surface area contributed by atoms with Crippen LogP contribution in [0, 0.1) is 17.6 Å². The van der Waals surface area contributed by atoms with E-state index in [0.29, 0.717) is 6.54 Å². The molecule has 1 aliphatic carbocycles. The molecule has 1 fully saturated rings. The third-order valence-electron chi connectivity index (χ3n) is 6.38. The summed E-state index contributed by atoms with van der Waals surface area (Å²) in [5.41, 5.74) is 3.64. The molecule has 0 spiro atoms. The van der Waals surface area contributed by atoms with Crippen LogP contribution in [-0.2, 0) is 6.54 Å². The van der Waals surface area contributed by atoms with Crippen molar-refractivity contribution in [3.05, 3.63) is 93.8 Å². The zero-order chi connectivity index (χ0) is 23.8. The third kappa shape index (κ3) is 4.16. The van der Waals surface area contributed by atoms with Crippen molar-refractivity contribution < 1.29 is 13.6 Å². The molecule has 34 heavy (non-hydrogen) atoms. The quantitative estimate of drug-likeness (QED) is 0.441. The average Bonchev–Trinajstić information content (AvgIpc) is 3.42. The lowest BCUT2D eigenvalue weighted by molar-refractivity contribution is 0.0674. The number of hydrazone groups is 1. The third-order valence-corrected chi connectivity index (χ3v) is 6.65. The fourth-order valence-corrected chi connectivity index (χ4v) is 4.97. The van der Waals surface area contributed by atoms with Gasteiger partial charge in [0.2, 0.25) is 0 Å². The Hall–Kier alpha value is -3.32. The Balaban J connectivity index is 1.58. The number of carbonyl (C=O) groups is 1. The lowest BCUT2D eigenvalue weighted by Gasteiger charge is -2.29. The molecule has 2 unspecified atom stereocenters. The van der Waals surface area contributed by atoms with Crippen molar-refractivity contribution in [2.24, 2.45) is 11.0 Å². The number of allylic oxidation sites excluding steroid dienone is 1. The molecule has 2 aliphatic rings. The molecule has 5 rings (SSSR count). The fourth-order valence-electron chi connectivity index (χ4n) is 4.73. The van der Waals surface area contributed by atoms with E-state index in [-0.39, 0.29) is 28.3 Å². The predicted molar refractivity (Wildman–Crippen MR) is 127 cm³/mol. The van der Waals surface area contributed by atoms with E-state index in [9.17, 15) is 13.6 Å². The van der Waals surface area contributed by atoms with Crippen molar-refractivity contribution in [2.45, 2.75) is 38.8 Å². The number of benzene rings is 2. The van der Waals surface area contributed by atoms with E-state index in [1.165, 1.54) is 29.3 Å². The topological polar surface area (TPSA) is 50.5 Å². The molecule has 8 heteroatoms. The number of rotatable bonds is 4. The highest BCUT2D eigenvalue weighted by Crippen LogP contribution is 2.45. The van der Waals surface area contributed by atoms with Crippen LogP contribution in [0.25, 0.3) is 6.08 Å². The summed E-state index contributed by atoms with van der Waals surface area (Å²) >= 11 is 6.34. The molecule has 2 aromatic carbocycles. The van der Waals surface area contributed by atoms with E-state index in [0.717, 1.165) is 41.7 Å². The zero-order valence-corrected chi connectivity index (χ0v) is 19.3. The molecule has 2 heterocycles. The van der Waals surface area contributed by atoms with Crippen molar-refractivity contribution >= 4 is 29.3 Å². The number of carbonyl (C=O) groups excluding carboxylic acids is 1. The first kappa shape index (κ1) is 22.5. The van der Waals surface area contributed by atoms with Crippen molar-refractivity contribution in [3.63, 3.8) is 0 Å². The van der Waals surface area contributed by atoms with Gasteiger partial charge in [-0.1, -0.05) is 35.9 Å². The van der Waals surface area contributed by atoms with Crippen molar-refractivity contribution in [1.29, 1.82) is 0 Å². The van der Waals surface area contributed by atoms with Crippen LogP contribution >= 0.6 is 11.6 Å². The number of nitrogens with zero attached hydrogens (tertiary/aromatic N) is 4. The molecule has 174 valence electrons. The van der Waals surface area contributed by atoms with Gasteiger partial charge in [0.1, 0.15) is 11.6 Å². The summed E-state index contributed by atoms with van der Waals surface area (Å²) in [6.45, 7) is 2.49. The molecule has 5 nitrogen and oxygen atoms in total. The van der Waals surface area contributed by atoms with Gasteiger partial charge in [0.25, 0.3) is 5.91 Å². The lowest BCUT2D eigenvalue weighted by atomic mass is 9.77. The zero-order valence-electron chi connectivity index (χ0n) is 18.6. The highest BCUT2D eigenvalue weighted by molar-refractivity contribution is 6.33. The number of amides is 1. The Morgan fingerprint density at radius 2 is 1.79 bits per heavy atom. The van der Waals surface area contributed by atoms with E-state index in [2.05, 4.69) is 5.10 Å². The highest BCUT2D eigenvalue weighted by Gasteiger charge is 2.44. The minimum absolute atomic E-state index is 0.0538. The second-order valence-corrected chi connectivity index (χ2v) is 8.94. The number of halogens is 3. The smallest absolute Gasteiger partial charge is 0.271 e. The van der Waals surface area contributed by atoms with Crippen LogP contribution in [0.3, 0.4) is 0 Å². The maximum absolute atomic E-state index is 13.7. The molecule has 0 bridgehead atoms. The average molecular weight is 481 g/mol. The van der Waals surface area contributed by atoms with Crippen LogP contribution in [0.2, 0.25) is 5.02 Å². The summed E-state index contributed by atoms with van der Waals surface area (Å²) in [7, 11) is 0. The van der Waals surface area contributed by atoms with Gasteiger partial charge in [0.05, 0.1) is 16.8 Å². The summed E-state index contributed by atoms with van der Waals surface area (Å²) in [5, 5.41) is 10.9. The standard InChI is InChI=1S/C26H23ClF2N4O/c1-2-32-15-22(27)24(30-32)26(34)33-25(17-8-12-20(29)13-9-17)21-5-3-4-18(23(21)31-33)14-16-6-10-19(28)11-7-16/h6-15,21,25H,2-5H2,1H3. The van der Waals surface area contributed by atoms with E-state index >= 15 is 0 Å². The van der Waals surface area contributed by atoms with Gasteiger partial charge in [-0.25, -0.2) is 13.8 Å². The van der Waals surface area contributed by atoms with Crippen molar-refractivity contribution in [1.82, 2.24) is 14.8 Å². The molecule has 2 atom stereocenters. The lowest BCUT2D eigenvalue weighted by Crippen LogP contribution is -2.32. The summed E-state index contributed by atoms with van der Waals surface area (Å²) in [4.78, 5) is 13.6. The van der Waals surface area contributed by atoms with Gasteiger partial charge in [0.15, 0.2) is 5.69 Å². The Morgan fingerprint density at radius 3 is 2.44 bits per heavy atom. The predicted octanol–water partition coefficient (Wildman–Crippen LogP) is 6.27. The van der Waals surface area contributed by atoms with Gasteiger partial charge in [0, 0.05) is 18.7 Å². The molecular weight excluding hydrogens is 458 g/mol. The number of aryl methyl sites for hydroxylation is 1. The number of fused-ring (bicyclic) bond motifs is 1. The molecule has 0 N–H and O–H groups in total. The molecule has 1 amide bonds. The Labute approximate surface area is 201 Å². The van der Waals surface area contributed by atoms with Crippen LogP contribution in [0.5, 0.6) is 0 Å². The maximum Gasteiger partial charge on any atom is 0.296 e. The molecular formula is C26H23ClF2N4O. The monoisotopic (exact) mass is 480 g/mol. The Kier molecular flexibility index (Phi) is 6.04. The second-order valence-electron chi connectivity index (χ2n) is 8.53. The van der Waals surface area contributed by atoms with Gasteiger partial charge in [-0.05, 0) is 73.2 Å². The van der Waals surface area contributed by atoms with Gasteiger partial charge in [-0.15, -0.1) is 0 Å². The molecule has 0 radical (unpaired) electrons. The first-order chi connectivity index (χ1) is 16.4. The molecule has 1 saturated carbocycles. The molecule has 0 saturated heterocycles. The van der Waals surface area contributed by atoms with E-state index in [4.69, 9.17) is 16.7 Å². The summed E-state index contributed by atoms with van der Waals surface area (Å²) in [6, 6.07) is 12.1. The minimum atomic E-state index is -0.400. The van der Waals surface area contributed by atoms with Crippen molar-refractivity contribution in [3.8, 4) is 0 Å². The fraction of sp³-hybridized carbons (Fsp3) is 0.269. The van der Waals surface area contributed by atoms with Crippen LogP contribution in [0.1, 0.15) is 53.8 Å². The second kappa shape index (κ2) is 9.14. The van der Waals surface area contributed by atoms with Gasteiger partial charge in [-0.3, -0.25) is 9.48 Å². The van der Waals surface area contributed by atoms with Crippen LogP contribution in [0.15, 0.2) is 65.4 Å². The number of hydrogen-bond acceptors (Lipinski definition) is 3. The summed E-state index contributed by atoms with van der Waals surface area (Å²) in [6.07, 6.45) is 6.18. The summed E-state index contributed by atoms with van der Waals surface area (Å²) < 4.78 is 28.7.